The maximum atomic E-state index is 13.2. The summed E-state index contributed by atoms with van der Waals surface area (Å²) in [6.07, 6.45) is 5.38. The first kappa shape index (κ1) is 18.9. The van der Waals surface area contributed by atoms with Gasteiger partial charge in [-0.3, -0.25) is 19.7 Å². The van der Waals surface area contributed by atoms with Crippen molar-refractivity contribution in [3.05, 3.63) is 88.0 Å². The fourth-order valence-corrected chi connectivity index (χ4v) is 4.09. The number of benzene rings is 2. The van der Waals surface area contributed by atoms with Crippen molar-refractivity contribution in [3.8, 4) is 0 Å². The van der Waals surface area contributed by atoms with Crippen LogP contribution in [0.4, 0.5) is 5.69 Å². The molecule has 2 aromatic rings. The zero-order chi connectivity index (χ0) is 20.4. The van der Waals surface area contributed by atoms with Crippen molar-refractivity contribution < 1.29 is 14.5 Å². The van der Waals surface area contributed by atoms with Gasteiger partial charge < -0.3 is 10.2 Å². The molecule has 7 nitrogen and oxygen atoms in total. The van der Waals surface area contributed by atoms with Crippen LogP contribution in [0.1, 0.15) is 30.0 Å². The minimum Gasteiger partial charge on any atom is -0.350 e. The molecule has 3 atom stereocenters. The van der Waals surface area contributed by atoms with E-state index in [-0.39, 0.29) is 29.5 Å². The minimum atomic E-state index is -0.890. The van der Waals surface area contributed by atoms with Gasteiger partial charge in [-0.05, 0) is 24.0 Å². The number of β-lactam (4-membered cyclic amide) rings is 1. The molecule has 1 saturated heterocycles. The molecular formula is C22H21N3O4. The van der Waals surface area contributed by atoms with Crippen LogP contribution in [0.25, 0.3) is 0 Å². The molecule has 0 saturated carbocycles. The highest BCUT2D eigenvalue weighted by molar-refractivity contribution is 5.94. The van der Waals surface area contributed by atoms with Gasteiger partial charge in [0.05, 0.1) is 10.8 Å². The van der Waals surface area contributed by atoms with Crippen molar-refractivity contribution in [1.29, 1.82) is 0 Å². The second-order valence-corrected chi connectivity index (χ2v) is 7.32. The van der Waals surface area contributed by atoms with E-state index in [0.29, 0.717) is 24.9 Å². The summed E-state index contributed by atoms with van der Waals surface area (Å²) in [4.78, 5) is 38.3. The number of amides is 2. The Hall–Kier alpha value is -3.48. The van der Waals surface area contributed by atoms with Crippen molar-refractivity contribution in [1.82, 2.24) is 10.2 Å². The molecule has 1 N–H and O–H groups in total. The van der Waals surface area contributed by atoms with Crippen LogP contribution in [0.2, 0.25) is 0 Å². The van der Waals surface area contributed by atoms with E-state index in [1.807, 2.05) is 42.5 Å². The molecule has 29 heavy (non-hydrogen) atoms. The number of non-ortho nitro benzene ring substituents is 1. The Morgan fingerprint density at radius 1 is 1.14 bits per heavy atom. The first-order valence-electron chi connectivity index (χ1n) is 9.59. The van der Waals surface area contributed by atoms with Gasteiger partial charge in [0.1, 0.15) is 6.04 Å². The molecule has 2 aliphatic rings. The second kappa shape index (κ2) is 7.87. The van der Waals surface area contributed by atoms with Gasteiger partial charge in [-0.2, -0.15) is 0 Å². The molecule has 1 aliphatic heterocycles. The van der Waals surface area contributed by atoms with Crippen LogP contribution in [0.3, 0.4) is 0 Å². The maximum Gasteiger partial charge on any atom is 0.269 e. The molecular weight excluding hydrogens is 370 g/mol. The van der Waals surface area contributed by atoms with Gasteiger partial charge in [-0.25, -0.2) is 0 Å². The van der Waals surface area contributed by atoms with E-state index in [2.05, 4.69) is 5.32 Å². The van der Waals surface area contributed by atoms with E-state index in [1.165, 1.54) is 12.1 Å². The van der Waals surface area contributed by atoms with Gasteiger partial charge in [0.2, 0.25) is 11.8 Å². The first-order valence-corrected chi connectivity index (χ1v) is 9.59. The average Bonchev–Trinajstić information content (AvgIpc) is 2.76. The lowest BCUT2D eigenvalue weighted by atomic mass is 9.77. The number of hydrogen-bond acceptors (Lipinski definition) is 4. The molecule has 4 rings (SSSR count). The van der Waals surface area contributed by atoms with Crippen molar-refractivity contribution in [2.75, 3.05) is 0 Å². The quantitative estimate of drug-likeness (QED) is 0.354. The van der Waals surface area contributed by atoms with Gasteiger partial charge in [0.15, 0.2) is 0 Å². The van der Waals surface area contributed by atoms with E-state index in [4.69, 9.17) is 0 Å². The van der Waals surface area contributed by atoms with Gasteiger partial charge in [0, 0.05) is 24.7 Å². The largest absolute Gasteiger partial charge is 0.350 e. The third kappa shape index (κ3) is 3.63. The Morgan fingerprint density at radius 3 is 2.66 bits per heavy atom. The Balaban J connectivity index is 1.63. The molecule has 148 valence electrons. The lowest BCUT2D eigenvalue weighted by Crippen LogP contribution is -2.64. The standard InChI is InChI=1S/C22H21N3O4/c26-21(23-14-15-7-2-1-3-8-15)20(16-9-6-10-17(13-16)25(28)29)24-19-12-5-4-11-18(19)22(24)27/h1-10,13,18-20H,11-12,14H2,(H,23,26)/t18-,19+,20?/m1/s1. The summed E-state index contributed by atoms with van der Waals surface area (Å²) in [6, 6.07) is 14.5. The molecule has 2 aromatic carbocycles. The summed E-state index contributed by atoms with van der Waals surface area (Å²) in [5, 5.41) is 14.1. The maximum absolute atomic E-state index is 13.2. The summed E-state index contributed by atoms with van der Waals surface area (Å²) in [5.74, 6) is -0.524. The second-order valence-electron chi connectivity index (χ2n) is 7.32. The lowest BCUT2D eigenvalue weighted by molar-refractivity contribution is -0.384. The summed E-state index contributed by atoms with van der Waals surface area (Å²) in [6.45, 7) is 0.321. The van der Waals surface area contributed by atoms with Crippen LogP contribution < -0.4 is 5.32 Å². The molecule has 1 fully saturated rings. The van der Waals surface area contributed by atoms with E-state index in [1.54, 1.807) is 17.0 Å². The van der Waals surface area contributed by atoms with Crippen LogP contribution in [-0.2, 0) is 16.1 Å². The van der Waals surface area contributed by atoms with Crippen molar-refractivity contribution in [3.63, 3.8) is 0 Å². The number of nitrogens with one attached hydrogen (secondary N) is 1. The Labute approximate surface area is 168 Å². The van der Waals surface area contributed by atoms with E-state index < -0.39 is 11.0 Å². The average molecular weight is 391 g/mol. The number of allylic oxidation sites excluding steroid dienone is 1. The predicted octanol–water partition coefficient (Wildman–Crippen LogP) is 3.13. The SMILES string of the molecule is O=C(NCc1ccccc1)C(c1cccc([N+](=O)[O-])c1)N1C(=O)[C@@H]2CC=CC[C@@H]21. The molecule has 0 spiro atoms. The molecule has 7 heteroatoms. The summed E-state index contributed by atoms with van der Waals surface area (Å²) >= 11 is 0. The van der Waals surface area contributed by atoms with Crippen LogP contribution >= 0.6 is 0 Å². The van der Waals surface area contributed by atoms with Crippen molar-refractivity contribution >= 4 is 17.5 Å². The van der Waals surface area contributed by atoms with E-state index in [9.17, 15) is 19.7 Å². The fraction of sp³-hybridized carbons (Fsp3) is 0.273. The molecule has 1 aliphatic carbocycles. The number of likely N-dealkylation sites (tertiary alicyclic amines) is 1. The number of carbonyl (C=O) groups is 2. The highest BCUT2D eigenvalue weighted by Crippen LogP contribution is 2.42. The Morgan fingerprint density at radius 2 is 1.90 bits per heavy atom. The smallest absolute Gasteiger partial charge is 0.269 e. The zero-order valence-corrected chi connectivity index (χ0v) is 15.7. The van der Waals surface area contributed by atoms with Crippen molar-refractivity contribution in [2.24, 2.45) is 5.92 Å². The Kier molecular flexibility index (Phi) is 5.12. The summed E-state index contributed by atoms with van der Waals surface area (Å²) < 4.78 is 0. The predicted molar refractivity (Wildman–Crippen MR) is 107 cm³/mol. The minimum absolute atomic E-state index is 0.0563. The van der Waals surface area contributed by atoms with Crippen molar-refractivity contribution in [2.45, 2.75) is 31.5 Å². The normalized spacial score (nSPS) is 21.1. The number of hydrogen-bond donors (Lipinski definition) is 1. The zero-order valence-electron chi connectivity index (χ0n) is 15.7. The lowest BCUT2D eigenvalue weighted by Gasteiger charge is -2.51. The third-order valence-corrected chi connectivity index (χ3v) is 5.56. The van der Waals surface area contributed by atoms with Crippen LogP contribution in [0.15, 0.2) is 66.7 Å². The number of nitro benzene ring substituents is 1. The number of fused-ring (bicyclic) bond motifs is 1. The molecule has 0 bridgehead atoms. The van der Waals surface area contributed by atoms with Gasteiger partial charge in [-0.15, -0.1) is 0 Å². The van der Waals surface area contributed by atoms with Crippen LogP contribution in [0.5, 0.6) is 0 Å². The molecule has 0 radical (unpaired) electrons. The van der Waals surface area contributed by atoms with E-state index >= 15 is 0 Å². The molecule has 1 heterocycles. The van der Waals surface area contributed by atoms with E-state index in [0.717, 1.165) is 5.56 Å². The summed E-state index contributed by atoms with van der Waals surface area (Å²) in [7, 11) is 0. The molecule has 0 aromatic heterocycles. The Bertz CT molecular complexity index is 973. The molecule has 1 unspecified atom stereocenters. The molecule has 2 amide bonds. The number of carbonyl (C=O) groups excluding carboxylic acids is 2. The third-order valence-electron chi connectivity index (χ3n) is 5.56. The highest BCUT2D eigenvalue weighted by atomic mass is 16.6. The van der Waals surface area contributed by atoms with Gasteiger partial charge in [-0.1, -0.05) is 54.6 Å². The highest BCUT2D eigenvalue weighted by Gasteiger charge is 2.52. The number of nitrogens with zero attached hydrogens (tertiary/aromatic N) is 2. The van der Waals surface area contributed by atoms with Crippen LogP contribution in [-0.4, -0.2) is 27.7 Å². The fourth-order valence-electron chi connectivity index (χ4n) is 4.09. The van der Waals surface area contributed by atoms with Gasteiger partial charge in [0.25, 0.3) is 5.69 Å². The van der Waals surface area contributed by atoms with Gasteiger partial charge >= 0.3 is 0 Å². The van der Waals surface area contributed by atoms with Crippen LogP contribution in [0, 0.1) is 16.0 Å². The number of nitro groups is 1. The first-order chi connectivity index (χ1) is 14.1. The monoisotopic (exact) mass is 391 g/mol. The topological polar surface area (TPSA) is 92.5 Å². The number of rotatable bonds is 6. The summed E-state index contributed by atoms with van der Waals surface area (Å²) in [5.41, 5.74) is 1.29.